The predicted molar refractivity (Wildman–Crippen MR) is 62.0 cm³/mol. The molecule has 15 heavy (non-hydrogen) atoms. The van der Waals surface area contributed by atoms with Crippen LogP contribution in [0.25, 0.3) is 0 Å². The molecule has 2 rings (SSSR count). The molecule has 1 aromatic heterocycles. The summed E-state index contributed by atoms with van der Waals surface area (Å²) in [7, 11) is 0. The Kier molecular flexibility index (Phi) is 2.77. The van der Waals surface area contributed by atoms with Gasteiger partial charge in [0.1, 0.15) is 11.0 Å². The number of pyridine rings is 1. The highest BCUT2D eigenvalue weighted by Gasteiger charge is 2.25. The predicted octanol–water partition coefficient (Wildman–Crippen LogP) is 2.00. The molecule has 0 spiro atoms. The Hall–Kier alpha value is -1.29. The van der Waals surface area contributed by atoms with Gasteiger partial charge in [-0.15, -0.1) is 0 Å². The summed E-state index contributed by atoms with van der Waals surface area (Å²) in [4.78, 5) is 4.22. The summed E-state index contributed by atoms with van der Waals surface area (Å²) in [5.74, 6) is 1.42. The Morgan fingerprint density at radius 3 is 3.07 bits per heavy atom. The minimum atomic E-state index is 0.302. The van der Waals surface area contributed by atoms with Gasteiger partial charge in [0.15, 0.2) is 5.82 Å². The number of hydrogen-bond donors (Lipinski definition) is 1. The van der Waals surface area contributed by atoms with Gasteiger partial charge in [-0.1, -0.05) is 24.6 Å². The molecule has 0 radical (unpaired) electrons. The summed E-state index contributed by atoms with van der Waals surface area (Å²) in [6, 6.07) is 5.80. The summed E-state index contributed by atoms with van der Waals surface area (Å²) in [5.41, 5.74) is 5.71. The van der Waals surface area contributed by atoms with Gasteiger partial charge in [0, 0.05) is 6.42 Å². The van der Waals surface area contributed by atoms with E-state index in [1.54, 1.807) is 6.07 Å². The SMILES string of the molecule is CCC1CC(N)=NN1c1cccc(Cl)n1. The lowest BCUT2D eigenvalue weighted by Gasteiger charge is -2.20. The smallest absolute Gasteiger partial charge is 0.150 e. The van der Waals surface area contributed by atoms with Crippen molar-refractivity contribution in [1.29, 1.82) is 0 Å². The van der Waals surface area contributed by atoms with Crippen molar-refractivity contribution >= 4 is 23.3 Å². The topological polar surface area (TPSA) is 54.5 Å². The molecule has 0 saturated heterocycles. The molecule has 0 aliphatic carbocycles. The number of hydrazone groups is 1. The van der Waals surface area contributed by atoms with Crippen molar-refractivity contribution in [3.8, 4) is 0 Å². The van der Waals surface area contributed by atoms with E-state index < -0.39 is 0 Å². The number of rotatable bonds is 2. The zero-order valence-corrected chi connectivity index (χ0v) is 9.28. The van der Waals surface area contributed by atoms with Gasteiger partial charge in [0.25, 0.3) is 0 Å². The molecule has 0 bridgehead atoms. The fourth-order valence-electron chi connectivity index (χ4n) is 1.67. The van der Waals surface area contributed by atoms with Crippen LogP contribution in [-0.4, -0.2) is 16.9 Å². The van der Waals surface area contributed by atoms with E-state index >= 15 is 0 Å². The molecule has 0 fully saturated rings. The molecular formula is C10H13ClN4. The summed E-state index contributed by atoms with van der Waals surface area (Å²) >= 11 is 5.83. The van der Waals surface area contributed by atoms with Gasteiger partial charge >= 0.3 is 0 Å². The highest BCUT2D eigenvalue weighted by atomic mass is 35.5. The van der Waals surface area contributed by atoms with Crippen LogP contribution >= 0.6 is 11.6 Å². The minimum absolute atomic E-state index is 0.302. The van der Waals surface area contributed by atoms with Gasteiger partial charge in [-0.2, -0.15) is 5.10 Å². The monoisotopic (exact) mass is 224 g/mol. The molecule has 0 amide bonds. The first kappa shape index (κ1) is 10.2. The third kappa shape index (κ3) is 2.04. The maximum atomic E-state index is 5.83. The van der Waals surface area contributed by atoms with Crippen LogP contribution in [0.1, 0.15) is 19.8 Å². The zero-order valence-electron chi connectivity index (χ0n) is 8.52. The summed E-state index contributed by atoms with van der Waals surface area (Å²) < 4.78 is 0. The Bertz CT molecular complexity index is 391. The van der Waals surface area contributed by atoms with Crippen LogP contribution in [0.4, 0.5) is 5.82 Å². The number of anilines is 1. The van der Waals surface area contributed by atoms with Crippen LogP contribution in [0.3, 0.4) is 0 Å². The van der Waals surface area contributed by atoms with E-state index in [9.17, 15) is 0 Å². The molecule has 5 heteroatoms. The van der Waals surface area contributed by atoms with Crippen molar-refractivity contribution < 1.29 is 0 Å². The molecule has 0 aromatic carbocycles. The van der Waals surface area contributed by atoms with Crippen molar-refractivity contribution in [3.63, 3.8) is 0 Å². The molecule has 1 atom stereocenters. The van der Waals surface area contributed by atoms with E-state index in [-0.39, 0.29) is 0 Å². The fourth-order valence-corrected chi connectivity index (χ4v) is 1.83. The molecule has 1 aliphatic heterocycles. The number of hydrogen-bond acceptors (Lipinski definition) is 4. The highest BCUT2D eigenvalue weighted by Crippen LogP contribution is 2.24. The lowest BCUT2D eigenvalue weighted by atomic mass is 10.1. The van der Waals surface area contributed by atoms with E-state index in [2.05, 4.69) is 17.0 Å². The van der Waals surface area contributed by atoms with Gasteiger partial charge < -0.3 is 5.73 Å². The Morgan fingerprint density at radius 2 is 2.40 bits per heavy atom. The van der Waals surface area contributed by atoms with Crippen LogP contribution in [-0.2, 0) is 0 Å². The maximum absolute atomic E-state index is 5.83. The van der Waals surface area contributed by atoms with Crippen molar-refractivity contribution in [3.05, 3.63) is 23.4 Å². The Morgan fingerprint density at radius 1 is 1.60 bits per heavy atom. The normalized spacial score (nSPS) is 20.5. The van der Waals surface area contributed by atoms with E-state index in [1.165, 1.54) is 0 Å². The molecule has 2 N–H and O–H groups in total. The number of halogens is 1. The third-order valence-corrected chi connectivity index (χ3v) is 2.64. The van der Waals surface area contributed by atoms with Gasteiger partial charge in [0.2, 0.25) is 0 Å². The van der Waals surface area contributed by atoms with Gasteiger partial charge in [0.05, 0.1) is 6.04 Å². The van der Waals surface area contributed by atoms with E-state index in [0.717, 1.165) is 18.7 Å². The summed E-state index contributed by atoms with van der Waals surface area (Å²) in [6.45, 7) is 2.11. The van der Waals surface area contributed by atoms with Crippen molar-refractivity contribution in [2.45, 2.75) is 25.8 Å². The first-order valence-corrected chi connectivity index (χ1v) is 5.33. The molecule has 80 valence electrons. The van der Waals surface area contributed by atoms with Gasteiger partial charge in [-0.25, -0.2) is 9.99 Å². The maximum Gasteiger partial charge on any atom is 0.150 e. The molecule has 2 heterocycles. The second-order valence-electron chi connectivity index (χ2n) is 3.52. The Labute approximate surface area is 93.7 Å². The average molecular weight is 225 g/mol. The quantitative estimate of drug-likeness (QED) is 0.782. The number of nitrogens with zero attached hydrogens (tertiary/aromatic N) is 3. The molecule has 1 unspecified atom stereocenters. The lowest BCUT2D eigenvalue weighted by molar-refractivity contribution is 0.633. The number of nitrogens with two attached hydrogens (primary N) is 1. The molecule has 4 nitrogen and oxygen atoms in total. The second kappa shape index (κ2) is 4.06. The third-order valence-electron chi connectivity index (χ3n) is 2.43. The highest BCUT2D eigenvalue weighted by molar-refractivity contribution is 6.29. The standard InChI is InChI=1S/C10H13ClN4/c1-2-7-6-9(12)14-15(7)10-5-3-4-8(11)13-10/h3-5,7H,2,6H2,1H3,(H2,12,14). The fraction of sp³-hybridized carbons (Fsp3) is 0.400. The minimum Gasteiger partial charge on any atom is -0.386 e. The van der Waals surface area contributed by atoms with Crippen molar-refractivity contribution in [2.75, 3.05) is 5.01 Å². The molecular weight excluding hydrogens is 212 g/mol. The Balaban J connectivity index is 2.29. The van der Waals surface area contributed by atoms with Crippen LogP contribution in [0.5, 0.6) is 0 Å². The number of aromatic nitrogens is 1. The number of amidine groups is 1. The first-order chi connectivity index (χ1) is 7.20. The largest absolute Gasteiger partial charge is 0.386 e. The first-order valence-electron chi connectivity index (χ1n) is 4.95. The van der Waals surface area contributed by atoms with Crippen LogP contribution in [0, 0.1) is 0 Å². The van der Waals surface area contributed by atoms with E-state index in [4.69, 9.17) is 17.3 Å². The van der Waals surface area contributed by atoms with Crippen LogP contribution in [0.15, 0.2) is 23.3 Å². The van der Waals surface area contributed by atoms with Crippen molar-refractivity contribution in [2.24, 2.45) is 10.8 Å². The average Bonchev–Trinajstić information content (AvgIpc) is 2.59. The van der Waals surface area contributed by atoms with Gasteiger partial charge in [-0.3, -0.25) is 0 Å². The van der Waals surface area contributed by atoms with Gasteiger partial charge in [-0.05, 0) is 18.6 Å². The van der Waals surface area contributed by atoms with Crippen molar-refractivity contribution in [1.82, 2.24) is 4.98 Å². The molecule has 1 aromatic rings. The molecule has 1 aliphatic rings. The summed E-state index contributed by atoms with van der Waals surface area (Å²) in [6.07, 6.45) is 1.78. The zero-order chi connectivity index (χ0) is 10.8. The van der Waals surface area contributed by atoms with Crippen LogP contribution < -0.4 is 10.7 Å². The lowest BCUT2D eigenvalue weighted by Crippen LogP contribution is -2.26. The molecule has 0 saturated carbocycles. The van der Waals surface area contributed by atoms with E-state index in [1.807, 2.05) is 17.1 Å². The van der Waals surface area contributed by atoms with Crippen LogP contribution in [0.2, 0.25) is 5.15 Å². The van der Waals surface area contributed by atoms with E-state index in [0.29, 0.717) is 17.0 Å². The second-order valence-corrected chi connectivity index (χ2v) is 3.91. The summed E-state index contributed by atoms with van der Waals surface area (Å²) in [5, 5.41) is 6.58.